The van der Waals surface area contributed by atoms with Crippen LogP contribution in [0.5, 0.6) is 5.75 Å². The second kappa shape index (κ2) is 8.56. The van der Waals surface area contributed by atoms with Crippen LogP contribution in [0.3, 0.4) is 0 Å². The second-order valence-electron chi connectivity index (χ2n) is 7.69. The molecule has 29 heavy (non-hydrogen) atoms. The summed E-state index contributed by atoms with van der Waals surface area (Å²) in [5.74, 6) is -0.484. The molecule has 4 rings (SSSR count). The lowest BCUT2D eigenvalue weighted by molar-refractivity contribution is -0.180. The van der Waals surface area contributed by atoms with E-state index in [-0.39, 0.29) is 5.91 Å². The van der Waals surface area contributed by atoms with Gasteiger partial charge in [0.1, 0.15) is 5.75 Å². The number of hydrogen-bond donors (Lipinski definition) is 0. The summed E-state index contributed by atoms with van der Waals surface area (Å²) in [7, 11) is 0. The molecular formula is C24H29NO4. The van der Waals surface area contributed by atoms with Crippen molar-refractivity contribution in [2.24, 2.45) is 0 Å². The lowest BCUT2D eigenvalue weighted by Crippen LogP contribution is -2.41. The van der Waals surface area contributed by atoms with Gasteiger partial charge in [0.25, 0.3) is 11.7 Å². The number of nitrogens with zero attached hydrogens (tertiary/aromatic N) is 1. The van der Waals surface area contributed by atoms with Crippen molar-refractivity contribution in [3.8, 4) is 5.75 Å². The predicted molar refractivity (Wildman–Crippen MR) is 112 cm³/mol. The zero-order valence-corrected chi connectivity index (χ0v) is 17.3. The van der Waals surface area contributed by atoms with E-state index >= 15 is 0 Å². The molecule has 5 nitrogen and oxygen atoms in total. The van der Waals surface area contributed by atoms with Crippen LogP contribution in [0.15, 0.2) is 42.5 Å². The Hall–Kier alpha value is -2.37. The predicted octanol–water partition coefficient (Wildman–Crippen LogP) is 4.35. The van der Waals surface area contributed by atoms with Crippen LogP contribution in [0.25, 0.3) is 0 Å². The first-order chi connectivity index (χ1) is 14.2. The van der Waals surface area contributed by atoms with Crippen molar-refractivity contribution in [2.75, 3.05) is 31.3 Å². The van der Waals surface area contributed by atoms with Gasteiger partial charge in [-0.1, -0.05) is 37.6 Å². The molecule has 2 heterocycles. The number of hydrogen-bond acceptors (Lipinski definition) is 4. The Morgan fingerprint density at radius 1 is 1.10 bits per heavy atom. The molecule has 0 bridgehead atoms. The fraction of sp³-hybridized carbons (Fsp3) is 0.458. The number of unbranched alkanes of at least 4 members (excludes halogenated alkanes) is 1. The van der Waals surface area contributed by atoms with Crippen LogP contribution < -0.4 is 9.64 Å². The van der Waals surface area contributed by atoms with Crippen molar-refractivity contribution in [1.29, 1.82) is 0 Å². The minimum absolute atomic E-state index is 0.117. The topological polar surface area (TPSA) is 48.0 Å². The number of ether oxygens (including phenoxy) is 3. The van der Waals surface area contributed by atoms with Crippen LogP contribution in [0.1, 0.15) is 42.9 Å². The van der Waals surface area contributed by atoms with E-state index in [0.717, 1.165) is 48.2 Å². The Morgan fingerprint density at radius 3 is 2.66 bits per heavy atom. The number of rotatable bonds is 8. The normalized spacial score (nSPS) is 17.2. The molecule has 2 aliphatic heterocycles. The number of carbonyl (C=O) groups is 1. The first kappa shape index (κ1) is 19.9. The van der Waals surface area contributed by atoms with Gasteiger partial charge in [0.2, 0.25) is 0 Å². The van der Waals surface area contributed by atoms with Gasteiger partial charge in [-0.15, -0.1) is 0 Å². The quantitative estimate of drug-likeness (QED) is 0.624. The summed E-state index contributed by atoms with van der Waals surface area (Å²) in [6.07, 6.45) is 3.99. The Morgan fingerprint density at radius 2 is 1.90 bits per heavy atom. The summed E-state index contributed by atoms with van der Waals surface area (Å²) >= 11 is 0. The number of fused-ring (bicyclic) bond motifs is 2. The van der Waals surface area contributed by atoms with Gasteiger partial charge < -0.3 is 19.1 Å². The first-order valence-corrected chi connectivity index (χ1v) is 10.6. The lowest BCUT2D eigenvalue weighted by Gasteiger charge is -2.22. The Labute approximate surface area is 172 Å². The van der Waals surface area contributed by atoms with E-state index in [1.807, 2.05) is 37.3 Å². The highest BCUT2D eigenvalue weighted by atomic mass is 16.7. The number of para-hydroxylation sites is 1. The Bertz CT molecular complexity index is 873. The molecule has 1 spiro atoms. The second-order valence-corrected chi connectivity index (χ2v) is 7.69. The van der Waals surface area contributed by atoms with Crippen molar-refractivity contribution < 1.29 is 19.0 Å². The minimum atomic E-state index is -1.26. The third-order valence-electron chi connectivity index (χ3n) is 5.62. The van der Waals surface area contributed by atoms with Gasteiger partial charge in [-0.2, -0.15) is 0 Å². The molecule has 1 saturated heterocycles. The SMILES string of the molecule is CCCCc1ccc2c(c1)C1(OCCO1)C(=O)N2CCCOc1ccccc1C. The van der Waals surface area contributed by atoms with Gasteiger partial charge >= 0.3 is 0 Å². The largest absolute Gasteiger partial charge is 0.493 e. The van der Waals surface area contributed by atoms with E-state index in [9.17, 15) is 4.79 Å². The standard InChI is InChI=1S/C24H29NO4/c1-3-4-9-19-11-12-21-20(17-19)24(28-15-16-29-24)23(26)25(21)13-7-14-27-22-10-6-5-8-18(22)2/h5-6,8,10-12,17H,3-4,7,9,13-16H2,1-2H3. The maximum absolute atomic E-state index is 13.3. The molecular weight excluding hydrogens is 366 g/mol. The molecule has 0 atom stereocenters. The van der Waals surface area contributed by atoms with Gasteiger partial charge in [0.15, 0.2) is 0 Å². The molecule has 2 aliphatic rings. The van der Waals surface area contributed by atoms with Crippen molar-refractivity contribution in [2.45, 2.75) is 45.3 Å². The van der Waals surface area contributed by atoms with E-state index in [1.54, 1.807) is 4.90 Å². The zero-order chi connectivity index (χ0) is 20.3. The maximum atomic E-state index is 13.3. The number of carbonyl (C=O) groups excluding carboxylic acids is 1. The average molecular weight is 395 g/mol. The van der Waals surface area contributed by atoms with E-state index in [4.69, 9.17) is 14.2 Å². The highest BCUT2D eigenvalue weighted by molar-refractivity contribution is 6.06. The highest BCUT2D eigenvalue weighted by Crippen LogP contribution is 2.46. The van der Waals surface area contributed by atoms with Crippen LogP contribution in [0.2, 0.25) is 0 Å². The molecule has 0 N–H and O–H groups in total. The smallest absolute Gasteiger partial charge is 0.292 e. The van der Waals surface area contributed by atoms with E-state index in [2.05, 4.69) is 19.1 Å². The third-order valence-corrected chi connectivity index (χ3v) is 5.62. The summed E-state index contributed by atoms with van der Waals surface area (Å²) < 4.78 is 17.7. The van der Waals surface area contributed by atoms with Gasteiger partial charge in [-0.3, -0.25) is 4.79 Å². The molecule has 0 saturated carbocycles. The molecule has 0 aromatic heterocycles. The van der Waals surface area contributed by atoms with Crippen LogP contribution in [0.4, 0.5) is 5.69 Å². The molecule has 154 valence electrons. The fourth-order valence-electron chi connectivity index (χ4n) is 4.06. The van der Waals surface area contributed by atoms with E-state index in [1.165, 1.54) is 5.56 Å². The van der Waals surface area contributed by atoms with Crippen LogP contribution in [0, 0.1) is 6.92 Å². The summed E-state index contributed by atoms with van der Waals surface area (Å²) in [6.45, 7) is 6.21. The summed E-state index contributed by atoms with van der Waals surface area (Å²) in [6, 6.07) is 14.2. The van der Waals surface area contributed by atoms with Crippen molar-refractivity contribution in [3.05, 3.63) is 59.2 Å². The van der Waals surface area contributed by atoms with Gasteiger partial charge in [0.05, 0.1) is 25.5 Å². The number of aryl methyl sites for hydroxylation is 2. The van der Waals surface area contributed by atoms with Gasteiger partial charge in [-0.25, -0.2) is 0 Å². The molecule has 0 radical (unpaired) electrons. The Kier molecular flexibility index (Phi) is 5.88. The lowest BCUT2D eigenvalue weighted by atomic mass is 10.0. The number of amides is 1. The number of anilines is 1. The molecule has 1 amide bonds. The molecule has 5 heteroatoms. The van der Waals surface area contributed by atoms with E-state index < -0.39 is 5.79 Å². The van der Waals surface area contributed by atoms with Crippen LogP contribution in [-0.4, -0.2) is 32.3 Å². The van der Waals surface area contributed by atoms with Crippen LogP contribution in [-0.2, 0) is 26.5 Å². The molecule has 0 aliphatic carbocycles. The number of benzene rings is 2. The minimum Gasteiger partial charge on any atom is -0.493 e. The first-order valence-electron chi connectivity index (χ1n) is 10.6. The highest BCUT2D eigenvalue weighted by Gasteiger charge is 2.55. The summed E-state index contributed by atoms with van der Waals surface area (Å²) in [5, 5.41) is 0. The van der Waals surface area contributed by atoms with Crippen molar-refractivity contribution in [1.82, 2.24) is 0 Å². The molecule has 2 aromatic rings. The third kappa shape index (κ3) is 3.77. The fourth-order valence-corrected chi connectivity index (χ4v) is 4.06. The zero-order valence-electron chi connectivity index (χ0n) is 17.3. The monoisotopic (exact) mass is 395 g/mol. The van der Waals surface area contributed by atoms with Gasteiger partial charge in [-0.05, 0) is 55.5 Å². The van der Waals surface area contributed by atoms with Crippen molar-refractivity contribution in [3.63, 3.8) is 0 Å². The Balaban J connectivity index is 1.48. The molecule has 1 fully saturated rings. The maximum Gasteiger partial charge on any atom is 0.292 e. The van der Waals surface area contributed by atoms with Crippen molar-refractivity contribution >= 4 is 11.6 Å². The van der Waals surface area contributed by atoms with E-state index in [0.29, 0.717) is 26.4 Å². The molecule has 2 aromatic carbocycles. The molecule has 0 unspecified atom stereocenters. The van der Waals surface area contributed by atoms with Gasteiger partial charge in [0, 0.05) is 12.1 Å². The average Bonchev–Trinajstić information content (AvgIpc) is 3.31. The van der Waals surface area contributed by atoms with Crippen LogP contribution >= 0.6 is 0 Å². The summed E-state index contributed by atoms with van der Waals surface area (Å²) in [5.41, 5.74) is 4.09. The summed E-state index contributed by atoms with van der Waals surface area (Å²) in [4.78, 5) is 15.1.